The molecule has 2 rings (SSSR count). The Hall–Kier alpha value is 0.230. The van der Waals surface area contributed by atoms with E-state index in [1.807, 2.05) is 0 Å². The highest BCUT2D eigenvalue weighted by molar-refractivity contribution is 7.99. The second-order valence-electron chi connectivity index (χ2n) is 5.97. The fraction of sp³-hybridized carbons (Fsp3) is 1.00. The molecule has 0 aromatic rings. The standard InChI is InChI=1S/C15H30N2OS/c1-2-8-17(9-3-7-16)14-4-10-18-15(13-14)5-11-19-12-6-15/h14H,2-13,16H2,1H3. The van der Waals surface area contributed by atoms with Crippen LogP contribution in [0.2, 0.25) is 0 Å². The van der Waals surface area contributed by atoms with Crippen molar-refractivity contribution in [3.05, 3.63) is 0 Å². The molecule has 19 heavy (non-hydrogen) atoms. The summed E-state index contributed by atoms with van der Waals surface area (Å²) in [5.41, 5.74) is 5.90. The zero-order valence-electron chi connectivity index (χ0n) is 12.4. The van der Waals surface area contributed by atoms with E-state index in [0.29, 0.717) is 0 Å². The highest BCUT2D eigenvalue weighted by atomic mass is 32.2. The molecule has 2 aliphatic rings. The number of rotatable bonds is 6. The van der Waals surface area contributed by atoms with Crippen LogP contribution in [-0.2, 0) is 4.74 Å². The minimum atomic E-state index is 0.211. The van der Waals surface area contributed by atoms with Crippen molar-refractivity contribution in [1.29, 1.82) is 0 Å². The summed E-state index contributed by atoms with van der Waals surface area (Å²) in [6.45, 7) is 6.43. The summed E-state index contributed by atoms with van der Waals surface area (Å²) in [6, 6.07) is 0.725. The fourth-order valence-corrected chi connectivity index (χ4v) is 4.70. The van der Waals surface area contributed by atoms with Crippen LogP contribution in [0.1, 0.15) is 45.4 Å². The van der Waals surface area contributed by atoms with Crippen molar-refractivity contribution in [2.24, 2.45) is 5.73 Å². The van der Waals surface area contributed by atoms with Crippen molar-refractivity contribution < 1.29 is 4.74 Å². The van der Waals surface area contributed by atoms with Gasteiger partial charge in [-0.05, 0) is 69.7 Å². The first-order chi connectivity index (χ1) is 9.29. The first-order valence-electron chi connectivity index (χ1n) is 7.95. The number of hydrogen-bond acceptors (Lipinski definition) is 4. The van der Waals surface area contributed by atoms with Crippen LogP contribution in [0, 0.1) is 0 Å². The molecular formula is C15H30N2OS. The molecule has 4 heteroatoms. The molecule has 0 aromatic carbocycles. The summed E-state index contributed by atoms with van der Waals surface area (Å²) < 4.78 is 6.20. The average molecular weight is 286 g/mol. The van der Waals surface area contributed by atoms with E-state index in [1.54, 1.807) is 0 Å². The summed E-state index contributed by atoms with van der Waals surface area (Å²) in [7, 11) is 0. The summed E-state index contributed by atoms with van der Waals surface area (Å²) in [5.74, 6) is 2.56. The normalized spacial score (nSPS) is 27.0. The van der Waals surface area contributed by atoms with Gasteiger partial charge in [0.05, 0.1) is 5.60 Å². The Morgan fingerprint density at radius 3 is 2.79 bits per heavy atom. The molecule has 2 saturated heterocycles. The molecule has 112 valence electrons. The van der Waals surface area contributed by atoms with Gasteiger partial charge in [0.1, 0.15) is 0 Å². The van der Waals surface area contributed by atoms with Crippen molar-refractivity contribution in [1.82, 2.24) is 4.90 Å². The van der Waals surface area contributed by atoms with E-state index in [4.69, 9.17) is 10.5 Å². The molecule has 2 heterocycles. The molecule has 1 atom stereocenters. The van der Waals surface area contributed by atoms with Crippen molar-refractivity contribution >= 4 is 11.8 Å². The van der Waals surface area contributed by atoms with Crippen LogP contribution in [0.3, 0.4) is 0 Å². The lowest BCUT2D eigenvalue weighted by Crippen LogP contribution is -2.50. The summed E-state index contributed by atoms with van der Waals surface area (Å²) in [4.78, 5) is 2.68. The molecule has 0 amide bonds. The van der Waals surface area contributed by atoms with Crippen molar-refractivity contribution in [2.75, 3.05) is 37.7 Å². The zero-order chi connectivity index (χ0) is 13.6. The monoisotopic (exact) mass is 286 g/mol. The van der Waals surface area contributed by atoms with Gasteiger partial charge in [0.15, 0.2) is 0 Å². The molecule has 2 aliphatic heterocycles. The number of nitrogens with zero attached hydrogens (tertiary/aromatic N) is 1. The maximum atomic E-state index is 6.20. The van der Waals surface area contributed by atoms with E-state index in [0.717, 1.165) is 25.6 Å². The lowest BCUT2D eigenvalue weighted by molar-refractivity contribution is -0.110. The van der Waals surface area contributed by atoms with E-state index in [2.05, 4.69) is 23.6 Å². The molecular weight excluding hydrogens is 256 g/mol. The molecule has 0 aliphatic carbocycles. The Morgan fingerprint density at radius 2 is 2.11 bits per heavy atom. The third-order valence-corrected chi connectivity index (χ3v) is 5.53. The van der Waals surface area contributed by atoms with Gasteiger partial charge in [0.25, 0.3) is 0 Å². The van der Waals surface area contributed by atoms with Gasteiger partial charge in [-0.15, -0.1) is 0 Å². The number of nitrogens with two attached hydrogens (primary N) is 1. The highest BCUT2D eigenvalue weighted by Crippen LogP contribution is 2.38. The molecule has 3 nitrogen and oxygen atoms in total. The second-order valence-corrected chi connectivity index (χ2v) is 7.19. The van der Waals surface area contributed by atoms with E-state index in [-0.39, 0.29) is 5.60 Å². The Morgan fingerprint density at radius 1 is 1.32 bits per heavy atom. The van der Waals surface area contributed by atoms with Gasteiger partial charge in [0, 0.05) is 12.6 Å². The summed E-state index contributed by atoms with van der Waals surface area (Å²) in [6.07, 6.45) is 7.33. The first kappa shape index (κ1) is 15.6. The highest BCUT2D eigenvalue weighted by Gasteiger charge is 2.40. The van der Waals surface area contributed by atoms with Crippen LogP contribution in [0.25, 0.3) is 0 Å². The van der Waals surface area contributed by atoms with Crippen LogP contribution in [-0.4, -0.2) is 54.3 Å². The average Bonchev–Trinajstić information content (AvgIpc) is 2.44. The van der Waals surface area contributed by atoms with Crippen molar-refractivity contribution in [3.8, 4) is 0 Å². The van der Waals surface area contributed by atoms with Crippen molar-refractivity contribution in [3.63, 3.8) is 0 Å². The Bertz CT molecular complexity index is 251. The van der Waals surface area contributed by atoms with Gasteiger partial charge in [-0.25, -0.2) is 0 Å². The Balaban J connectivity index is 1.93. The molecule has 0 bridgehead atoms. The van der Waals surface area contributed by atoms with Crippen LogP contribution in [0.4, 0.5) is 0 Å². The second kappa shape index (κ2) is 7.87. The minimum Gasteiger partial charge on any atom is -0.375 e. The summed E-state index contributed by atoms with van der Waals surface area (Å²) in [5, 5.41) is 0. The van der Waals surface area contributed by atoms with E-state index in [1.165, 1.54) is 56.7 Å². The molecule has 2 N–H and O–H groups in total. The maximum Gasteiger partial charge on any atom is 0.0713 e. The van der Waals surface area contributed by atoms with Crippen LogP contribution in [0.15, 0.2) is 0 Å². The Labute approximate surface area is 122 Å². The smallest absolute Gasteiger partial charge is 0.0713 e. The topological polar surface area (TPSA) is 38.5 Å². The van der Waals surface area contributed by atoms with Gasteiger partial charge in [-0.3, -0.25) is 0 Å². The van der Waals surface area contributed by atoms with Gasteiger partial charge >= 0.3 is 0 Å². The molecule has 2 fully saturated rings. The molecule has 0 radical (unpaired) electrons. The Kier molecular flexibility index (Phi) is 6.46. The number of hydrogen-bond donors (Lipinski definition) is 1. The van der Waals surface area contributed by atoms with Gasteiger partial charge in [0.2, 0.25) is 0 Å². The molecule has 1 unspecified atom stereocenters. The number of thioether (sulfide) groups is 1. The lowest BCUT2D eigenvalue weighted by Gasteiger charge is -2.46. The third kappa shape index (κ3) is 4.35. The zero-order valence-corrected chi connectivity index (χ0v) is 13.2. The minimum absolute atomic E-state index is 0.211. The largest absolute Gasteiger partial charge is 0.375 e. The van der Waals surface area contributed by atoms with E-state index in [9.17, 15) is 0 Å². The van der Waals surface area contributed by atoms with E-state index >= 15 is 0 Å². The predicted octanol–water partition coefficient (Wildman–Crippen LogP) is 2.49. The van der Waals surface area contributed by atoms with Crippen LogP contribution < -0.4 is 5.73 Å². The quantitative estimate of drug-likeness (QED) is 0.814. The van der Waals surface area contributed by atoms with Gasteiger partial charge in [-0.1, -0.05) is 6.92 Å². The molecule has 0 saturated carbocycles. The maximum absolute atomic E-state index is 6.20. The number of ether oxygens (including phenoxy) is 1. The van der Waals surface area contributed by atoms with Gasteiger partial charge in [-0.2, -0.15) is 11.8 Å². The van der Waals surface area contributed by atoms with Gasteiger partial charge < -0.3 is 15.4 Å². The summed E-state index contributed by atoms with van der Waals surface area (Å²) >= 11 is 2.09. The van der Waals surface area contributed by atoms with Crippen LogP contribution >= 0.6 is 11.8 Å². The third-order valence-electron chi connectivity index (χ3n) is 4.55. The fourth-order valence-electron chi connectivity index (χ4n) is 3.46. The molecule has 1 spiro atoms. The van der Waals surface area contributed by atoms with E-state index < -0.39 is 0 Å². The predicted molar refractivity (Wildman–Crippen MR) is 83.8 cm³/mol. The lowest BCUT2D eigenvalue weighted by atomic mass is 9.84. The van der Waals surface area contributed by atoms with Crippen LogP contribution in [0.5, 0.6) is 0 Å². The SMILES string of the molecule is CCCN(CCCN)C1CCOC2(CCSCC2)C1. The van der Waals surface area contributed by atoms with Crippen molar-refractivity contribution in [2.45, 2.75) is 57.1 Å². The molecule has 0 aromatic heterocycles. The first-order valence-corrected chi connectivity index (χ1v) is 9.11.